The Bertz CT molecular complexity index is 298. The highest BCUT2D eigenvalue weighted by Gasteiger charge is 2.03. The summed E-state index contributed by atoms with van der Waals surface area (Å²) in [6, 6.07) is 0. The van der Waals surface area contributed by atoms with Gasteiger partial charge in [-0.1, -0.05) is 0 Å². The van der Waals surface area contributed by atoms with Crippen molar-refractivity contribution in [3.8, 4) is 5.88 Å². The van der Waals surface area contributed by atoms with Crippen molar-refractivity contribution in [1.29, 1.82) is 0 Å². The van der Waals surface area contributed by atoms with Crippen LogP contribution in [0, 0.1) is 0 Å². The van der Waals surface area contributed by atoms with E-state index in [4.69, 9.17) is 4.74 Å². The van der Waals surface area contributed by atoms with Gasteiger partial charge in [0, 0.05) is 12.3 Å². The Hall–Kier alpha value is -0.490. The average molecular weight is 278 g/mol. The van der Waals surface area contributed by atoms with Crippen LogP contribution in [-0.4, -0.2) is 35.6 Å². The highest BCUT2D eigenvalue weighted by Crippen LogP contribution is 2.21. The maximum Gasteiger partial charge on any atom is 0.232 e. The Labute approximate surface area is 96.0 Å². The number of nitrogens with zero attached hydrogens (tertiary/aromatic N) is 2. The molecule has 1 rings (SSSR count). The van der Waals surface area contributed by atoms with E-state index in [1.165, 1.54) is 0 Å². The second-order valence-corrected chi connectivity index (χ2v) is 4.31. The standard InChI is InChI=1S/C8H12BrN3OS/c1-13-7-6(9)5-11-8(12-7)10-3-4-14-2/h5H,3-4H2,1-2H3,(H,10,11,12). The van der Waals surface area contributed by atoms with Gasteiger partial charge in [-0.05, 0) is 22.2 Å². The van der Waals surface area contributed by atoms with Crippen LogP contribution in [0.15, 0.2) is 10.7 Å². The first-order valence-corrected chi connectivity index (χ1v) is 6.26. The third-order valence-corrected chi connectivity index (χ3v) is 2.65. The highest BCUT2D eigenvalue weighted by molar-refractivity contribution is 9.10. The van der Waals surface area contributed by atoms with Gasteiger partial charge in [0.05, 0.1) is 17.8 Å². The molecule has 0 radical (unpaired) electrons. The fraction of sp³-hybridized carbons (Fsp3) is 0.500. The molecule has 0 amide bonds. The molecule has 0 atom stereocenters. The molecule has 0 spiro atoms. The number of hydrogen-bond acceptors (Lipinski definition) is 5. The monoisotopic (exact) mass is 277 g/mol. The Morgan fingerprint density at radius 2 is 2.43 bits per heavy atom. The normalized spacial score (nSPS) is 9.93. The van der Waals surface area contributed by atoms with Crippen molar-refractivity contribution in [2.45, 2.75) is 0 Å². The molecule has 0 aromatic carbocycles. The molecule has 0 aliphatic carbocycles. The molecule has 1 aromatic rings. The molecule has 0 aliphatic heterocycles. The molecular formula is C8H12BrN3OS. The van der Waals surface area contributed by atoms with E-state index in [1.807, 2.05) is 0 Å². The van der Waals surface area contributed by atoms with Crippen molar-refractivity contribution < 1.29 is 4.74 Å². The van der Waals surface area contributed by atoms with Gasteiger partial charge in [-0.3, -0.25) is 0 Å². The zero-order valence-corrected chi connectivity index (χ0v) is 10.5. The van der Waals surface area contributed by atoms with Gasteiger partial charge in [-0.2, -0.15) is 16.7 Å². The lowest BCUT2D eigenvalue weighted by molar-refractivity contribution is 0.394. The van der Waals surface area contributed by atoms with Gasteiger partial charge in [-0.25, -0.2) is 4.98 Å². The van der Waals surface area contributed by atoms with Crippen molar-refractivity contribution in [3.05, 3.63) is 10.7 Å². The van der Waals surface area contributed by atoms with Crippen LogP contribution in [0.25, 0.3) is 0 Å². The van der Waals surface area contributed by atoms with Crippen molar-refractivity contribution in [2.24, 2.45) is 0 Å². The summed E-state index contributed by atoms with van der Waals surface area (Å²) in [5.41, 5.74) is 0. The smallest absolute Gasteiger partial charge is 0.232 e. The number of rotatable bonds is 5. The van der Waals surface area contributed by atoms with Crippen molar-refractivity contribution in [1.82, 2.24) is 9.97 Å². The van der Waals surface area contributed by atoms with E-state index >= 15 is 0 Å². The van der Waals surface area contributed by atoms with Gasteiger partial charge in [0.1, 0.15) is 0 Å². The highest BCUT2D eigenvalue weighted by atomic mass is 79.9. The van der Waals surface area contributed by atoms with Gasteiger partial charge in [0.15, 0.2) is 0 Å². The molecule has 14 heavy (non-hydrogen) atoms. The predicted molar refractivity (Wildman–Crippen MR) is 63.2 cm³/mol. The minimum atomic E-state index is 0.548. The SMILES string of the molecule is COc1nc(NCCSC)ncc1Br. The van der Waals surface area contributed by atoms with Crippen LogP contribution in [0.1, 0.15) is 0 Å². The first-order valence-electron chi connectivity index (χ1n) is 4.07. The summed E-state index contributed by atoms with van der Waals surface area (Å²) in [5.74, 6) is 2.17. The third-order valence-electron chi connectivity index (χ3n) is 1.49. The fourth-order valence-corrected chi connectivity index (χ4v) is 1.50. The number of aromatic nitrogens is 2. The molecule has 1 N–H and O–H groups in total. The summed E-state index contributed by atoms with van der Waals surface area (Å²) in [6.45, 7) is 0.853. The second kappa shape index (κ2) is 6.08. The van der Waals surface area contributed by atoms with E-state index in [0.717, 1.165) is 16.8 Å². The van der Waals surface area contributed by atoms with Crippen LogP contribution in [0.3, 0.4) is 0 Å². The molecule has 1 heterocycles. The number of anilines is 1. The maximum absolute atomic E-state index is 5.05. The molecular weight excluding hydrogens is 266 g/mol. The number of methoxy groups -OCH3 is 1. The van der Waals surface area contributed by atoms with E-state index in [1.54, 1.807) is 25.1 Å². The minimum Gasteiger partial charge on any atom is -0.480 e. The Morgan fingerprint density at radius 1 is 1.64 bits per heavy atom. The molecule has 4 nitrogen and oxygen atoms in total. The van der Waals surface area contributed by atoms with Gasteiger partial charge in [-0.15, -0.1) is 0 Å². The Balaban J connectivity index is 2.60. The first-order chi connectivity index (χ1) is 6.77. The zero-order valence-electron chi connectivity index (χ0n) is 8.08. The average Bonchev–Trinajstić information content (AvgIpc) is 2.21. The van der Waals surface area contributed by atoms with Crippen LogP contribution in [-0.2, 0) is 0 Å². The lowest BCUT2D eigenvalue weighted by Crippen LogP contribution is -2.07. The van der Waals surface area contributed by atoms with Gasteiger partial charge < -0.3 is 10.1 Å². The topological polar surface area (TPSA) is 47.0 Å². The number of nitrogens with one attached hydrogen (secondary N) is 1. The maximum atomic E-state index is 5.05. The zero-order chi connectivity index (χ0) is 10.4. The summed E-state index contributed by atoms with van der Waals surface area (Å²) in [4.78, 5) is 8.26. The predicted octanol–water partition coefficient (Wildman–Crippen LogP) is 2.02. The summed E-state index contributed by atoms with van der Waals surface area (Å²) < 4.78 is 5.81. The Morgan fingerprint density at radius 3 is 3.07 bits per heavy atom. The minimum absolute atomic E-state index is 0.548. The molecule has 6 heteroatoms. The number of thioether (sulfide) groups is 1. The van der Waals surface area contributed by atoms with Crippen LogP contribution in [0.4, 0.5) is 5.95 Å². The fourth-order valence-electron chi connectivity index (χ4n) is 0.845. The van der Waals surface area contributed by atoms with E-state index in [0.29, 0.717) is 11.8 Å². The summed E-state index contributed by atoms with van der Waals surface area (Å²) >= 11 is 5.07. The second-order valence-electron chi connectivity index (χ2n) is 2.47. The summed E-state index contributed by atoms with van der Waals surface area (Å²) in [5, 5.41) is 3.10. The number of hydrogen-bond donors (Lipinski definition) is 1. The van der Waals surface area contributed by atoms with Gasteiger partial charge in [0.25, 0.3) is 0 Å². The molecule has 0 bridgehead atoms. The lowest BCUT2D eigenvalue weighted by atomic mass is 10.6. The summed E-state index contributed by atoms with van der Waals surface area (Å²) in [6.07, 6.45) is 3.73. The van der Waals surface area contributed by atoms with Crippen LogP contribution in [0.5, 0.6) is 5.88 Å². The van der Waals surface area contributed by atoms with E-state index in [-0.39, 0.29) is 0 Å². The number of ether oxygens (including phenoxy) is 1. The molecule has 0 aliphatic rings. The lowest BCUT2D eigenvalue weighted by Gasteiger charge is -2.05. The molecule has 0 fully saturated rings. The van der Waals surface area contributed by atoms with Gasteiger partial charge in [0.2, 0.25) is 11.8 Å². The quantitative estimate of drug-likeness (QED) is 0.835. The van der Waals surface area contributed by atoms with E-state index < -0.39 is 0 Å². The molecule has 0 saturated heterocycles. The third kappa shape index (κ3) is 3.34. The van der Waals surface area contributed by atoms with Gasteiger partial charge >= 0.3 is 0 Å². The molecule has 78 valence electrons. The molecule has 0 unspecified atom stereocenters. The van der Waals surface area contributed by atoms with Crippen molar-refractivity contribution >= 4 is 33.6 Å². The molecule has 0 saturated carbocycles. The molecule has 1 aromatic heterocycles. The van der Waals surface area contributed by atoms with Crippen LogP contribution in [0.2, 0.25) is 0 Å². The van der Waals surface area contributed by atoms with Crippen molar-refractivity contribution in [2.75, 3.05) is 31.0 Å². The Kier molecular flexibility index (Phi) is 5.03. The van der Waals surface area contributed by atoms with E-state index in [9.17, 15) is 0 Å². The largest absolute Gasteiger partial charge is 0.480 e. The van der Waals surface area contributed by atoms with Crippen molar-refractivity contribution in [3.63, 3.8) is 0 Å². The van der Waals surface area contributed by atoms with Crippen LogP contribution < -0.4 is 10.1 Å². The van der Waals surface area contributed by atoms with Crippen LogP contribution >= 0.6 is 27.7 Å². The van der Waals surface area contributed by atoms with E-state index in [2.05, 4.69) is 37.5 Å². The summed E-state index contributed by atoms with van der Waals surface area (Å²) in [7, 11) is 1.58. The first kappa shape index (κ1) is 11.6. The number of halogens is 1.